The molecule has 0 amide bonds. The third kappa shape index (κ3) is 3.76. The fourth-order valence-corrected chi connectivity index (χ4v) is 0.552. The van der Waals surface area contributed by atoms with Crippen molar-refractivity contribution in [2.45, 2.75) is 26.7 Å². The van der Waals surface area contributed by atoms with E-state index in [2.05, 4.69) is 13.2 Å². The van der Waals surface area contributed by atoms with Gasteiger partial charge in [-0.25, -0.2) is 4.39 Å². The van der Waals surface area contributed by atoms with Gasteiger partial charge >= 0.3 is 0 Å². The average molecular weight is 154 g/mol. The maximum atomic E-state index is 12.9. The molecule has 0 saturated heterocycles. The van der Waals surface area contributed by atoms with E-state index in [0.29, 0.717) is 12.0 Å². The van der Waals surface area contributed by atoms with E-state index in [9.17, 15) is 4.39 Å². The molecule has 0 nitrogen and oxygen atoms in total. The number of halogens is 1. The van der Waals surface area contributed by atoms with Crippen LogP contribution in [0.5, 0.6) is 0 Å². The summed E-state index contributed by atoms with van der Waals surface area (Å²) in [6, 6.07) is 0. The van der Waals surface area contributed by atoms with Crippen molar-refractivity contribution in [3.63, 3.8) is 0 Å². The molecule has 0 heterocycles. The zero-order valence-electron chi connectivity index (χ0n) is 7.28. The Morgan fingerprint density at radius 3 is 2.18 bits per heavy atom. The molecule has 0 aliphatic rings. The zero-order chi connectivity index (χ0) is 8.85. The van der Waals surface area contributed by atoms with Crippen LogP contribution in [0.25, 0.3) is 0 Å². The number of hydrogen-bond acceptors (Lipinski definition) is 0. The van der Waals surface area contributed by atoms with Crippen molar-refractivity contribution in [3.8, 4) is 0 Å². The van der Waals surface area contributed by atoms with Gasteiger partial charge in [0.15, 0.2) is 0 Å². The molecular weight excluding hydrogens is 139 g/mol. The van der Waals surface area contributed by atoms with Gasteiger partial charge in [0.05, 0.1) is 0 Å². The van der Waals surface area contributed by atoms with Crippen LogP contribution in [0.2, 0.25) is 0 Å². The second-order valence-corrected chi connectivity index (χ2v) is 2.46. The van der Waals surface area contributed by atoms with Crippen molar-refractivity contribution in [3.05, 3.63) is 36.2 Å². The smallest absolute Gasteiger partial charge is 0.126 e. The van der Waals surface area contributed by atoms with Crippen LogP contribution in [0, 0.1) is 0 Å². The molecule has 0 radical (unpaired) electrons. The molecule has 62 valence electrons. The third-order valence-electron chi connectivity index (χ3n) is 1.55. The van der Waals surface area contributed by atoms with Gasteiger partial charge in [0.25, 0.3) is 0 Å². The highest BCUT2D eigenvalue weighted by atomic mass is 19.1. The first-order valence-electron chi connectivity index (χ1n) is 3.84. The van der Waals surface area contributed by atoms with E-state index in [1.165, 1.54) is 6.08 Å². The summed E-state index contributed by atoms with van der Waals surface area (Å²) in [4.78, 5) is 0. The largest absolute Gasteiger partial charge is 0.207 e. The highest BCUT2D eigenvalue weighted by Gasteiger charge is 1.97. The SMILES string of the molecule is C=C(C=C(F)C(=C)CC)CC. The number of hydrogen-bond donors (Lipinski definition) is 0. The Labute approximate surface area is 68.1 Å². The summed E-state index contributed by atoms with van der Waals surface area (Å²) in [6.45, 7) is 11.1. The molecule has 0 unspecified atom stereocenters. The molecule has 0 aliphatic carbocycles. The first-order valence-corrected chi connectivity index (χ1v) is 3.84. The predicted octanol–water partition coefficient (Wildman–Crippen LogP) is 3.77. The lowest BCUT2D eigenvalue weighted by molar-refractivity contribution is 0.642. The minimum absolute atomic E-state index is 0.237. The minimum Gasteiger partial charge on any atom is -0.207 e. The Morgan fingerprint density at radius 1 is 1.27 bits per heavy atom. The second kappa shape index (κ2) is 4.89. The normalized spacial score (nSPS) is 11.4. The maximum Gasteiger partial charge on any atom is 0.126 e. The van der Waals surface area contributed by atoms with Gasteiger partial charge < -0.3 is 0 Å². The third-order valence-corrected chi connectivity index (χ3v) is 1.55. The standard InChI is InChI=1S/C10H15F/c1-5-8(3)7-10(11)9(4)6-2/h7H,3-6H2,1-2H3. The molecule has 0 atom stereocenters. The van der Waals surface area contributed by atoms with Crippen molar-refractivity contribution in [2.75, 3.05) is 0 Å². The molecule has 0 fully saturated rings. The highest BCUT2D eigenvalue weighted by Crippen LogP contribution is 2.15. The van der Waals surface area contributed by atoms with Crippen molar-refractivity contribution in [1.82, 2.24) is 0 Å². The lowest BCUT2D eigenvalue weighted by Gasteiger charge is -1.98. The predicted molar refractivity (Wildman–Crippen MR) is 48.1 cm³/mol. The van der Waals surface area contributed by atoms with Crippen molar-refractivity contribution < 1.29 is 4.39 Å². The summed E-state index contributed by atoms with van der Waals surface area (Å²) < 4.78 is 12.9. The molecule has 0 spiro atoms. The van der Waals surface area contributed by atoms with Gasteiger partial charge in [-0.15, -0.1) is 0 Å². The fraction of sp³-hybridized carbons (Fsp3) is 0.400. The topological polar surface area (TPSA) is 0 Å². The Balaban J connectivity index is 4.21. The quantitative estimate of drug-likeness (QED) is 0.541. The first kappa shape index (κ1) is 10.2. The van der Waals surface area contributed by atoms with Gasteiger partial charge in [0.1, 0.15) is 5.83 Å². The van der Waals surface area contributed by atoms with Gasteiger partial charge in [-0.2, -0.15) is 0 Å². The Kier molecular flexibility index (Phi) is 4.51. The van der Waals surface area contributed by atoms with Crippen LogP contribution in [-0.4, -0.2) is 0 Å². The maximum absolute atomic E-state index is 12.9. The molecule has 0 aromatic heterocycles. The van der Waals surface area contributed by atoms with E-state index >= 15 is 0 Å². The molecule has 0 aromatic carbocycles. The van der Waals surface area contributed by atoms with E-state index in [1.807, 2.05) is 13.8 Å². The highest BCUT2D eigenvalue weighted by molar-refractivity contribution is 5.29. The van der Waals surface area contributed by atoms with Crippen molar-refractivity contribution in [1.29, 1.82) is 0 Å². The summed E-state index contributed by atoms with van der Waals surface area (Å²) >= 11 is 0. The molecule has 0 saturated carbocycles. The molecule has 0 rings (SSSR count). The van der Waals surface area contributed by atoms with E-state index in [1.54, 1.807) is 0 Å². The lowest BCUT2D eigenvalue weighted by atomic mass is 10.1. The average Bonchev–Trinajstić information content (AvgIpc) is 2.02. The van der Waals surface area contributed by atoms with Crippen LogP contribution >= 0.6 is 0 Å². The lowest BCUT2D eigenvalue weighted by Crippen LogP contribution is -1.80. The van der Waals surface area contributed by atoms with Crippen LogP contribution in [0.4, 0.5) is 4.39 Å². The van der Waals surface area contributed by atoms with Gasteiger partial charge in [0.2, 0.25) is 0 Å². The van der Waals surface area contributed by atoms with Gasteiger partial charge in [-0.1, -0.05) is 32.6 Å². The molecule has 0 N–H and O–H groups in total. The molecule has 11 heavy (non-hydrogen) atoms. The van der Waals surface area contributed by atoms with Gasteiger partial charge in [0, 0.05) is 0 Å². The summed E-state index contributed by atoms with van der Waals surface area (Å²) in [5.41, 5.74) is 1.34. The molecular formula is C10H15F. The molecule has 1 heteroatoms. The Bertz CT molecular complexity index is 187. The fourth-order valence-electron chi connectivity index (χ4n) is 0.552. The summed E-state index contributed by atoms with van der Waals surface area (Å²) in [7, 11) is 0. The van der Waals surface area contributed by atoms with Crippen molar-refractivity contribution >= 4 is 0 Å². The summed E-state index contributed by atoms with van der Waals surface area (Å²) in [5, 5.41) is 0. The van der Waals surface area contributed by atoms with Crippen LogP contribution < -0.4 is 0 Å². The van der Waals surface area contributed by atoms with Crippen LogP contribution in [-0.2, 0) is 0 Å². The van der Waals surface area contributed by atoms with Crippen LogP contribution in [0.15, 0.2) is 36.2 Å². The summed E-state index contributed by atoms with van der Waals surface area (Å²) in [6.07, 6.45) is 2.88. The van der Waals surface area contributed by atoms with E-state index in [4.69, 9.17) is 0 Å². The van der Waals surface area contributed by atoms with Gasteiger partial charge in [-0.05, 0) is 24.5 Å². The monoisotopic (exact) mass is 154 g/mol. The first-order chi connectivity index (χ1) is 5.11. The zero-order valence-corrected chi connectivity index (χ0v) is 7.28. The molecule has 0 aliphatic heterocycles. The van der Waals surface area contributed by atoms with Crippen LogP contribution in [0.1, 0.15) is 26.7 Å². The van der Waals surface area contributed by atoms with Crippen LogP contribution in [0.3, 0.4) is 0 Å². The summed E-state index contributed by atoms with van der Waals surface area (Å²) in [5.74, 6) is -0.237. The van der Waals surface area contributed by atoms with Gasteiger partial charge in [-0.3, -0.25) is 0 Å². The number of rotatable bonds is 4. The Morgan fingerprint density at radius 2 is 1.82 bits per heavy atom. The molecule has 0 bridgehead atoms. The number of allylic oxidation sites excluding steroid dienone is 4. The molecule has 0 aromatic rings. The van der Waals surface area contributed by atoms with Crippen molar-refractivity contribution in [2.24, 2.45) is 0 Å². The Hall–Kier alpha value is -0.850. The van der Waals surface area contributed by atoms with E-state index < -0.39 is 0 Å². The van der Waals surface area contributed by atoms with E-state index in [-0.39, 0.29) is 5.83 Å². The van der Waals surface area contributed by atoms with E-state index in [0.717, 1.165) is 12.0 Å². The second-order valence-electron chi connectivity index (χ2n) is 2.46. The minimum atomic E-state index is -0.237.